The standard InChI is InChI=1S/C24H33NO3Si/c1-24(2,3)29(4,5)28-18-19-10-8-11-20(16-19)22(13-6-7-14-23(26)27)21-12-9-15-25-17-21/h8-13,15-17H,6-7,14,18H2,1-5H3,(H,26,27)/b22-13-. The van der Waals surface area contributed by atoms with Crippen LogP contribution in [0, 0.1) is 0 Å². The summed E-state index contributed by atoms with van der Waals surface area (Å²) >= 11 is 0. The number of hydrogen-bond acceptors (Lipinski definition) is 3. The summed E-state index contributed by atoms with van der Waals surface area (Å²) in [6, 6.07) is 12.4. The number of benzene rings is 1. The highest BCUT2D eigenvalue weighted by atomic mass is 28.4. The van der Waals surface area contributed by atoms with Crippen molar-refractivity contribution in [1.82, 2.24) is 4.98 Å². The highest BCUT2D eigenvalue weighted by Crippen LogP contribution is 2.37. The number of hydrogen-bond donors (Lipinski definition) is 1. The van der Waals surface area contributed by atoms with Gasteiger partial charge in [-0.15, -0.1) is 0 Å². The van der Waals surface area contributed by atoms with Crippen LogP contribution in [-0.2, 0) is 15.8 Å². The van der Waals surface area contributed by atoms with Gasteiger partial charge < -0.3 is 9.53 Å². The predicted molar refractivity (Wildman–Crippen MR) is 121 cm³/mol. The third-order valence-electron chi connectivity index (χ3n) is 5.56. The highest BCUT2D eigenvalue weighted by molar-refractivity contribution is 6.74. The topological polar surface area (TPSA) is 59.4 Å². The summed E-state index contributed by atoms with van der Waals surface area (Å²) in [5, 5.41) is 9.07. The first-order valence-electron chi connectivity index (χ1n) is 10.2. The summed E-state index contributed by atoms with van der Waals surface area (Å²) in [7, 11) is -1.81. The Morgan fingerprint density at radius 1 is 1.17 bits per heavy atom. The molecule has 0 atom stereocenters. The van der Waals surface area contributed by atoms with E-state index in [1.54, 1.807) is 6.20 Å². The molecule has 0 amide bonds. The van der Waals surface area contributed by atoms with E-state index in [1.807, 2.05) is 18.3 Å². The lowest BCUT2D eigenvalue weighted by Crippen LogP contribution is -2.40. The maximum Gasteiger partial charge on any atom is 0.303 e. The average Bonchev–Trinajstić information content (AvgIpc) is 2.66. The van der Waals surface area contributed by atoms with Crippen molar-refractivity contribution in [3.05, 3.63) is 71.6 Å². The maximum atomic E-state index is 10.8. The lowest BCUT2D eigenvalue weighted by atomic mass is 9.96. The number of unbranched alkanes of at least 4 members (excludes halogenated alkanes) is 1. The van der Waals surface area contributed by atoms with Crippen LogP contribution in [0.1, 0.15) is 56.7 Å². The van der Waals surface area contributed by atoms with Gasteiger partial charge in [0, 0.05) is 24.4 Å². The van der Waals surface area contributed by atoms with Crippen molar-refractivity contribution in [3.63, 3.8) is 0 Å². The van der Waals surface area contributed by atoms with Crippen LogP contribution in [0.5, 0.6) is 0 Å². The number of allylic oxidation sites excluding steroid dienone is 1. The first kappa shape index (κ1) is 23.0. The number of carboxylic acids is 1. The molecule has 0 aliphatic carbocycles. The number of aromatic nitrogens is 1. The highest BCUT2D eigenvalue weighted by Gasteiger charge is 2.37. The van der Waals surface area contributed by atoms with Crippen LogP contribution in [0.4, 0.5) is 0 Å². The summed E-state index contributed by atoms with van der Waals surface area (Å²) in [5.41, 5.74) is 4.36. The molecule has 0 bridgehead atoms. The van der Waals surface area contributed by atoms with Crippen LogP contribution >= 0.6 is 0 Å². The molecule has 2 rings (SSSR count). The van der Waals surface area contributed by atoms with Gasteiger partial charge in [0.25, 0.3) is 0 Å². The number of rotatable bonds is 9. The fourth-order valence-electron chi connectivity index (χ4n) is 2.73. The summed E-state index contributed by atoms with van der Waals surface area (Å²) in [5.74, 6) is -0.758. The molecule has 2 aromatic rings. The van der Waals surface area contributed by atoms with Crippen molar-refractivity contribution >= 4 is 19.9 Å². The second-order valence-corrected chi connectivity index (χ2v) is 13.7. The van der Waals surface area contributed by atoms with Crippen molar-refractivity contribution in [2.75, 3.05) is 0 Å². The minimum absolute atomic E-state index is 0.176. The Bertz CT molecular complexity index is 839. The number of carboxylic acid groups (broad SMARTS) is 1. The van der Waals surface area contributed by atoms with Gasteiger partial charge >= 0.3 is 5.97 Å². The molecule has 1 aromatic heterocycles. The van der Waals surface area contributed by atoms with Crippen LogP contribution < -0.4 is 0 Å². The van der Waals surface area contributed by atoms with Crippen LogP contribution in [0.25, 0.3) is 5.57 Å². The third-order valence-corrected chi connectivity index (χ3v) is 10.0. The summed E-state index contributed by atoms with van der Waals surface area (Å²) in [4.78, 5) is 15.1. The van der Waals surface area contributed by atoms with Gasteiger partial charge in [-0.1, -0.05) is 51.1 Å². The van der Waals surface area contributed by atoms with E-state index in [-0.39, 0.29) is 11.5 Å². The SMILES string of the molecule is CC(C)(C)[Si](C)(C)OCc1cccc(/C(=C/CCCC(=O)O)c2cccnc2)c1. The lowest BCUT2D eigenvalue weighted by molar-refractivity contribution is -0.137. The molecular formula is C24H33NO3Si. The van der Waals surface area contributed by atoms with Crippen molar-refractivity contribution in [2.24, 2.45) is 0 Å². The number of aliphatic carboxylic acids is 1. The van der Waals surface area contributed by atoms with E-state index in [0.29, 0.717) is 19.4 Å². The molecule has 0 saturated carbocycles. The van der Waals surface area contributed by atoms with Crippen molar-refractivity contribution < 1.29 is 14.3 Å². The van der Waals surface area contributed by atoms with Crippen molar-refractivity contribution in [3.8, 4) is 0 Å². The molecule has 156 valence electrons. The molecule has 0 fully saturated rings. The Kier molecular flexibility index (Phi) is 7.93. The summed E-state index contributed by atoms with van der Waals surface area (Å²) < 4.78 is 6.39. The maximum absolute atomic E-state index is 10.8. The zero-order valence-electron chi connectivity index (χ0n) is 18.2. The van der Waals surface area contributed by atoms with Crippen LogP contribution in [0.15, 0.2) is 54.9 Å². The fourth-order valence-corrected chi connectivity index (χ4v) is 3.69. The Balaban J connectivity index is 2.24. The van der Waals surface area contributed by atoms with Gasteiger partial charge in [0.15, 0.2) is 8.32 Å². The van der Waals surface area contributed by atoms with Gasteiger partial charge in [-0.05, 0) is 59.8 Å². The van der Waals surface area contributed by atoms with Crippen LogP contribution in [0.3, 0.4) is 0 Å². The van der Waals surface area contributed by atoms with Gasteiger partial charge in [0.05, 0.1) is 6.61 Å². The van der Waals surface area contributed by atoms with Gasteiger partial charge in [-0.3, -0.25) is 9.78 Å². The Labute approximate surface area is 175 Å². The number of carbonyl (C=O) groups is 1. The van der Waals surface area contributed by atoms with Gasteiger partial charge in [0.2, 0.25) is 0 Å². The molecule has 29 heavy (non-hydrogen) atoms. The van der Waals surface area contributed by atoms with Crippen LogP contribution in [-0.4, -0.2) is 24.4 Å². The molecule has 1 aromatic carbocycles. The minimum Gasteiger partial charge on any atom is -0.481 e. The molecular weight excluding hydrogens is 378 g/mol. The second-order valence-electron chi connectivity index (χ2n) is 8.89. The van der Waals surface area contributed by atoms with E-state index in [9.17, 15) is 4.79 Å². The molecule has 0 aliphatic rings. The van der Waals surface area contributed by atoms with E-state index in [1.165, 1.54) is 0 Å². The zero-order chi connectivity index (χ0) is 21.5. The molecule has 0 saturated heterocycles. The molecule has 0 aliphatic heterocycles. The van der Waals surface area contributed by atoms with E-state index >= 15 is 0 Å². The Hall–Kier alpha value is -2.24. The minimum atomic E-state index is -1.81. The second kappa shape index (κ2) is 9.99. The predicted octanol–water partition coefficient (Wildman–Crippen LogP) is 6.29. The molecule has 0 radical (unpaired) electrons. The summed E-state index contributed by atoms with van der Waals surface area (Å²) in [6.45, 7) is 11.9. The Morgan fingerprint density at radius 2 is 1.90 bits per heavy atom. The summed E-state index contributed by atoms with van der Waals surface area (Å²) in [6.07, 6.45) is 7.23. The first-order chi connectivity index (χ1) is 13.6. The van der Waals surface area contributed by atoms with Crippen LogP contribution in [0.2, 0.25) is 18.1 Å². The first-order valence-corrected chi connectivity index (χ1v) is 13.1. The number of nitrogens with zero attached hydrogens (tertiary/aromatic N) is 1. The third kappa shape index (κ3) is 6.94. The lowest BCUT2D eigenvalue weighted by Gasteiger charge is -2.36. The monoisotopic (exact) mass is 411 g/mol. The Morgan fingerprint density at radius 3 is 2.52 bits per heavy atom. The molecule has 4 nitrogen and oxygen atoms in total. The van der Waals surface area contributed by atoms with Gasteiger partial charge in [-0.25, -0.2) is 0 Å². The smallest absolute Gasteiger partial charge is 0.303 e. The molecule has 0 unspecified atom stereocenters. The van der Waals surface area contributed by atoms with Crippen molar-refractivity contribution in [2.45, 2.75) is 64.8 Å². The normalized spacial score (nSPS) is 12.8. The quantitative estimate of drug-likeness (QED) is 0.389. The van der Waals surface area contributed by atoms with Crippen molar-refractivity contribution in [1.29, 1.82) is 0 Å². The molecule has 1 heterocycles. The largest absolute Gasteiger partial charge is 0.481 e. The van der Waals surface area contributed by atoms with Gasteiger partial charge in [0.1, 0.15) is 0 Å². The zero-order valence-corrected chi connectivity index (χ0v) is 19.2. The van der Waals surface area contributed by atoms with E-state index in [0.717, 1.165) is 22.3 Å². The van der Waals surface area contributed by atoms with Gasteiger partial charge in [-0.2, -0.15) is 0 Å². The molecule has 1 N–H and O–H groups in total. The fraction of sp³-hybridized carbons (Fsp3) is 0.417. The number of pyridine rings is 1. The van der Waals surface area contributed by atoms with E-state index in [2.05, 4.69) is 69.2 Å². The van der Waals surface area contributed by atoms with E-state index < -0.39 is 14.3 Å². The van der Waals surface area contributed by atoms with E-state index in [4.69, 9.17) is 9.53 Å². The molecule has 0 spiro atoms. The average molecular weight is 412 g/mol. The molecule has 5 heteroatoms.